The van der Waals surface area contributed by atoms with Crippen molar-refractivity contribution in [3.05, 3.63) is 10.1 Å². The molecule has 0 aliphatic carbocycles. The molecule has 0 aliphatic heterocycles. The third kappa shape index (κ3) is 8.28. The van der Waals surface area contributed by atoms with E-state index in [4.69, 9.17) is 46.0 Å². The van der Waals surface area contributed by atoms with E-state index < -0.39 is 42.7 Å². The second kappa shape index (κ2) is 9.21. The number of aliphatic hydroxyl groups is 6. The smallest absolute Gasteiger partial charge is 0.291 e. The molecule has 0 saturated heterocycles. The molecule has 0 aliphatic rings. The molecular formula is C6H15NO9. The summed E-state index contributed by atoms with van der Waals surface area (Å²) in [5.74, 6) is 0. The number of hydrogen-bond donors (Lipinski definition) is 7. The minimum absolute atomic E-state index is 0.726. The normalized spacial score (nSPS) is 17.6. The standard InChI is InChI=1S/C6H14O6.HNO3/c7-1-3(9)5(11)6(12)4(10)2-8;2-1(3)4/h3-12H,1-2H2;(H,2,3,4). The summed E-state index contributed by atoms with van der Waals surface area (Å²) < 4.78 is 0. The van der Waals surface area contributed by atoms with E-state index in [2.05, 4.69) is 0 Å². The first-order chi connectivity index (χ1) is 7.27. The molecule has 0 spiro atoms. The Morgan fingerprint density at radius 3 is 1.25 bits per heavy atom. The fourth-order valence-corrected chi connectivity index (χ4v) is 0.671. The maximum atomic E-state index is 8.96. The van der Waals surface area contributed by atoms with Gasteiger partial charge in [0.1, 0.15) is 24.4 Å². The maximum absolute atomic E-state index is 8.96. The summed E-state index contributed by atoms with van der Waals surface area (Å²) in [6.45, 7) is -1.45. The third-order valence-electron chi connectivity index (χ3n) is 1.51. The van der Waals surface area contributed by atoms with Gasteiger partial charge in [0.05, 0.1) is 13.2 Å². The van der Waals surface area contributed by atoms with Gasteiger partial charge >= 0.3 is 0 Å². The summed E-state index contributed by atoms with van der Waals surface area (Å²) in [4.78, 5) is 8.36. The van der Waals surface area contributed by atoms with Crippen LogP contribution >= 0.6 is 0 Å². The van der Waals surface area contributed by atoms with Crippen molar-refractivity contribution < 1.29 is 40.9 Å². The molecule has 0 aromatic carbocycles. The Kier molecular flexibility index (Phi) is 9.99. The van der Waals surface area contributed by atoms with Gasteiger partial charge in [-0.25, -0.2) is 0 Å². The Labute approximate surface area is 89.7 Å². The van der Waals surface area contributed by atoms with Gasteiger partial charge in [0.15, 0.2) is 0 Å². The Hall–Kier alpha value is -1.04. The highest BCUT2D eigenvalue weighted by Crippen LogP contribution is 2.03. The van der Waals surface area contributed by atoms with Crippen molar-refractivity contribution in [2.45, 2.75) is 24.4 Å². The van der Waals surface area contributed by atoms with Gasteiger partial charge in [-0.1, -0.05) is 0 Å². The molecule has 4 unspecified atom stereocenters. The summed E-state index contributed by atoms with van der Waals surface area (Å²) >= 11 is 0. The van der Waals surface area contributed by atoms with Gasteiger partial charge in [-0.3, -0.25) is 0 Å². The van der Waals surface area contributed by atoms with E-state index in [0.717, 1.165) is 0 Å². The number of hydrogen-bond acceptors (Lipinski definition) is 8. The van der Waals surface area contributed by atoms with Gasteiger partial charge in [-0.2, -0.15) is 0 Å². The lowest BCUT2D eigenvalue weighted by molar-refractivity contribution is -0.742. The molecule has 7 N–H and O–H groups in total. The zero-order chi connectivity index (χ0) is 13.3. The third-order valence-corrected chi connectivity index (χ3v) is 1.51. The van der Waals surface area contributed by atoms with Gasteiger partial charge in [0.2, 0.25) is 0 Å². The molecule has 0 aromatic heterocycles. The van der Waals surface area contributed by atoms with Gasteiger partial charge in [-0.15, -0.1) is 10.1 Å². The van der Waals surface area contributed by atoms with Crippen LogP contribution in [0.25, 0.3) is 0 Å². The van der Waals surface area contributed by atoms with Crippen LogP contribution < -0.4 is 0 Å². The first-order valence-electron chi connectivity index (χ1n) is 4.05. The van der Waals surface area contributed by atoms with E-state index in [1.807, 2.05) is 0 Å². The molecule has 0 amide bonds. The molecule has 10 heteroatoms. The summed E-state index contributed by atoms with van der Waals surface area (Å²) in [6.07, 6.45) is -6.39. The van der Waals surface area contributed by atoms with Crippen molar-refractivity contribution >= 4 is 0 Å². The lowest BCUT2D eigenvalue weighted by Crippen LogP contribution is -2.46. The second-order valence-electron chi connectivity index (χ2n) is 2.72. The zero-order valence-electron chi connectivity index (χ0n) is 8.12. The van der Waals surface area contributed by atoms with Crippen molar-refractivity contribution in [3.63, 3.8) is 0 Å². The van der Waals surface area contributed by atoms with Crippen LogP contribution in [0.15, 0.2) is 0 Å². The van der Waals surface area contributed by atoms with Gasteiger partial charge in [0.25, 0.3) is 5.09 Å². The highest BCUT2D eigenvalue weighted by molar-refractivity contribution is 4.79. The number of aliphatic hydroxyl groups excluding tert-OH is 6. The quantitative estimate of drug-likeness (QED) is 0.187. The lowest BCUT2D eigenvalue weighted by atomic mass is 10.0. The molecule has 10 nitrogen and oxygen atoms in total. The van der Waals surface area contributed by atoms with Crippen molar-refractivity contribution in [2.24, 2.45) is 0 Å². The number of rotatable bonds is 5. The summed E-state index contributed by atoms with van der Waals surface area (Å²) in [7, 11) is 0. The minimum atomic E-state index is -1.67. The molecule has 98 valence electrons. The van der Waals surface area contributed by atoms with Crippen LogP contribution in [-0.2, 0) is 0 Å². The minimum Gasteiger partial charge on any atom is -0.394 e. The average Bonchev–Trinajstić information content (AvgIpc) is 2.24. The fourth-order valence-electron chi connectivity index (χ4n) is 0.671. The summed E-state index contributed by atoms with van der Waals surface area (Å²) in [5, 5.41) is 65.8. The first kappa shape index (κ1) is 17.4. The predicted octanol–water partition coefficient (Wildman–Crippen LogP) is -3.93. The topological polar surface area (TPSA) is 185 Å². The number of nitrogens with zero attached hydrogens (tertiary/aromatic N) is 1. The van der Waals surface area contributed by atoms with E-state index in [0.29, 0.717) is 0 Å². The van der Waals surface area contributed by atoms with Crippen molar-refractivity contribution in [3.8, 4) is 0 Å². The Balaban J connectivity index is 0. The van der Waals surface area contributed by atoms with Gasteiger partial charge in [0, 0.05) is 0 Å². The SMILES string of the molecule is O=[N+]([O-])O.OCC(O)C(O)C(O)C(O)CO. The molecule has 0 saturated carbocycles. The van der Waals surface area contributed by atoms with Crippen molar-refractivity contribution in [2.75, 3.05) is 13.2 Å². The maximum Gasteiger partial charge on any atom is 0.291 e. The molecule has 0 bridgehead atoms. The van der Waals surface area contributed by atoms with E-state index >= 15 is 0 Å². The predicted molar refractivity (Wildman–Crippen MR) is 47.0 cm³/mol. The molecule has 4 atom stereocenters. The molecule has 0 aromatic rings. The van der Waals surface area contributed by atoms with Crippen LogP contribution in [0.1, 0.15) is 0 Å². The average molecular weight is 245 g/mol. The molecule has 0 rings (SSSR count). The van der Waals surface area contributed by atoms with Crippen LogP contribution in [0.3, 0.4) is 0 Å². The molecule has 0 radical (unpaired) electrons. The zero-order valence-corrected chi connectivity index (χ0v) is 8.12. The van der Waals surface area contributed by atoms with E-state index in [1.165, 1.54) is 0 Å². The van der Waals surface area contributed by atoms with Gasteiger partial charge < -0.3 is 35.8 Å². The first-order valence-corrected chi connectivity index (χ1v) is 4.05. The van der Waals surface area contributed by atoms with Gasteiger partial charge in [-0.05, 0) is 0 Å². The Morgan fingerprint density at radius 1 is 0.938 bits per heavy atom. The van der Waals surface area contributed by atoms with Crippen LogP contribution in [0.5, 0.6) is 0 Å². The molecular weight excluding hydrogens is 230 g/mol. The summed E-state index contributed by atoms with van der Waals surface area (Å²) in [6, 6.07) is 0. The van der Waals surface area contributed by atoms with Crippen LogP contribution in [0.4, 0.5) is 0 Å². The largest absolute Gasteiger partial charge is 0.394 e. The van der Waals surface area contributed by atoms with Crippen LogP contribution in [0, 0.1) is 10.1 Å². The van der Waals surface area contributed by atoms with E-state index in [1.54, 1.807) is 0 Å². The van der Waals surface area contributed by atoms with Crippen LogP contribution in [-0.4, -0.2) is 78.6 Å². The fraction of sp³-hybridized carbons (Fsp3) is 1.00. The molecule has 0 fully saturated rings. The Bertz CT molecular complexity index is 171. The Morgan fingerprint density at radius 2 is 1.12 bits per heavy atom. The van der Waals surface area contributed by atoms with Crippen molar-refractivity contribution in [1.29, 1.82) is 0 Å². The monoisotopic (exact) mass is 245 g/mol. The van der Waals surface area contributed by atoms with Crippen LogP contribution in [0.2, 0.25) is 0 Å². The van der Waals surface area contributed by atoms with E-state index in [-0.39, 0.29) is 0 Å². The molecule has 0 heterocycles. The molecule has 16 heavy (non-hydrogen) atoms. The highest BCUT2D eigenvalue weighted by Gasteiger charge is 2.29. The summed E-state index contributed by atoms with van der Waals surface area (Å²) in [5.41, 5.74) is 0. The van der Waals surface area contributed by atoms with Crippen molar-refractivity contribution in [1.82, 2.24) is 0 Å². The highest BCUT2D eigenvalue weighted by atomic mass is 16.9. The van der Waals surface area contributed by atoms with E-state index in [9.17, 15) is 0 Å². The second-order valence-corrected chi connectivity index (χ2v) is 2.72. The lowest BCUT2D eigenvalue weighted by Gasteiger charge is -2.24.